The monoisotopic (exact) mass is 540 g/mol. The molecule has 7 atom stereocenters. The van der Waals surface area contributed by atoms with Gasteiger partial charge in [-0.15, -0.1) is 0 Å². The Morgan fingerprint density at radius 1 is 1.08 bits per heavy atom. The predicted molar refractivity (Wildman–Crippen MR) is 136 cm³/mol. The minimum Gasteiger partial charge on any atom is -0.505 e. The number of esters is 1. The lowest BCUT2D eigenvalue weighted by Crippen LogP contribution is -2.63. The molecule has 0 saturated carbocycles. The topological polar surface area (TPSA) is 176 Å². The van der Waals surface area contributed by atoms with Gasteiger partial charge in [-0.05, 0) is 38.0 Å². The van der Waals surface area contributed by atoms with Crippen molar-refractivity contribution in [2.45, 2.75) is 63.1 Å². The number of carbonyl (C=O) groups excluding carboxylic acids is 4. The molecule has 39 heavy (non-hydrogen) atoms. The molecule has 3 amide bonds. The molecule has 2 aliphatic rings. The van der Waals surface area contributed by atoms with Gasteiger partial charge < -0.3 is 35.6 Å². The molecule has 0 radical (unpaired) electrons. The molecule has 12 heteroatoms. The molecule has 208 valence electrons. The Labute approximate surface area is 225 Å². The second kappa shape index (κ2) is 12.2. The number of nitrogens with zero attached hydrogens (tertiary/aromatic N) is 1. The molecule has 0 spiro atoms. The average Bonchev–Trinajstić information content (AvgIpc) is 2.89. The molecule has 1 aromatic carbocycles. The molecule has 3 heterocycles. The van der Waals surface area contributed by atoms with Crippen molar-refractivity contribution in [2.75, 3.05) is 6.61 Å². The van der Waals surface area contributed by atoms with E-state index in [0.29, 0.717) is 13.0 Å². The number of ether oxygens (including phenoxy) is 2. The fourth-order valence-corrected chi connectivity index (χ4v) is 4.50. The Kier molecular flexibility index (Phi) is 8.77. The van der Waals surface area contributed by atoms with Crippen LogP contribution in [0.15, 0.2) is 48.7 Å². The molecule has 5 N–H and O–H groups in total. The standard InChI is InChI=1S/C27H32N4O8/c1-14-22(33)17(13-16-7-4-3-5-8-16)30-24(34)20(31-25(35)21-18(32)9-6-11-28-21)15(2)29-26(36)23(39-27(14)37)19-10-12-38-19/h3-9,11,14-15,17,19-20,22-23,32-33H,10,12-13H2,1-2H3,(H,29,36)(H,30,34)(H,31,35). The third-order valence-electron chi connectivity index (χ3n) is 6.94. The Morgan fingerprint density at radius 2 is 1.79 bits per heavy atom. The number of benzene rings is 1. The van der Waals surface area contributed by atoms with Crippen LogP contribution in [0.4, 0.5) is 0 Å². The van der Waals surface area contributed by atoms with Crippen molar-refractivity contribution in [3.8, 4) is 5.75 Å². The van der Waals surface area contributed by atoms with E-state index in [4.69, 9.17) is 9.47 Å². The molecule has 2 aromatic rings. The quantitative estimate of drug-likeness (QED) is 0.322. The molecule has 1 aromatic heterocycles. The van der Waals surface area contributed by atoms with Crippen LogP contribution in [0.3, 0.4) is 0 Å². The minimum atomic E-state index is -1.39. The zero-order valence-corrected chi connectivity index (χ0v) is 21.6. The fourth-order valence-electron chi connectivity index (χ4n) is 4.50. The van der Waals surface area contributed by atoms with Crippen molar-refractivity contribution in [3.63, 3.8) is 0 Å². The Balaban J connectivity index is 1.67. The van der Waals surface area contributed by atoms with E-state index in [1.807, 2.05) is 18.2 Å². The highest BCUT2D eigenvalue weighted by molar-refractivity contribution is 5.98. The fraction of sp³-hybridized carbons (Fsp3) is 0.444. The second-order valence-corrected chi connectivity index (χ2v) is 9.76. The number of aliphatic hydroxyl groups is 1. The van der Waals surface area contributed by atoms with E-state index in [9.17, 15) is 29.4 Å². The van der Waals surface area contributed by atoms with Crippen molar-refractivity contribution in [2.24, 2.45) is 5.92 Å². The van der Waals surface area contributed by atoms with Crippen LogP contribution in [-0.2, 0) is 30.3 Å². The van der Waals surface area contributed by atoms with Crippen LogP contribution in [0.5, 0.6) is 5.75 Å². The minimum absolute atomic E-state index is 0.170. The lowest BCUT2D eigenvalue weighted by atomic mass is 9.92. The van der Waals surface area contributed by atoms with Gasteiger partial charge >= 0.3 is 5.97 Å². The van der Waals surface area contributed by atoms with E-state index in [2.05, 4.69) is 20.9 Å². The summed E-state index contributed by atoms with van der Waals surface area (Å²) in [5.74, 6) is -4.58. The number of amides is 3. The van der Waals surface area contributed by atoms with Gasteiger partial charge in [0.25, 0.3) is 11.8 Å². The summed E-state index contributed by atoms with van der Waals surface area (Å²) < 4.78 is 10.9. The summed E-state index contributed by atoms with van der Waals surface area (Å²) in [4.78, 5) is 56.6. The number of cyclic esters (lactones) is 1. The number of aromatic nitrogens is 1. The summed E-state index contributed by atoms with van der Waals surface area (Å²) in [6, 6.07) is 8.48. The summed E-state index contributed by atoms with van der Waals surface area (Å²) in [7, 11) is 0. The predicted octanol–water partition coefficient (Wildman–Crippen LogP) is -0.171. The summed E-state index contributed by atoms with van der Waals surface area (Å²) in [6.07, 6.45) is -1.42. The van der Waals surface area contributed by atoms with Crippen LogP contribution < -0.4 is 16.0 Å². The summed E-state index contributed by atoms with van der Waals surface area (Å²) in [6.45, 7) is 3.34. The van der Waals surface area contributed by atoms with E-state index >= 15 is 0 Å². The first-order valence-corrected chi connectivity index (χ1v) is 12.8. The lowest BCUT2D eigenvalue weighted by molar-refractivity contribution is -0.184. The molecule has 7 unspecified atom stereocenters. The summed E-state index contributed by atoms with van der Waals surface area (Å²) in [5.41, 5.74) is 0.481. The zero-order chi connectivity index (χ0) is 28.1. The van der Waals surface area contributed by atoms with Gasteiger partial charge in [-0.2, -0.15) is 0 Å². The maximum Gasteiger partial charge on any atom is 0.312 e. The highest BCUT2D eigenvalue weighted by Gasteiger charge is 2.43. The third kappa shape index (κ3) is 6.52. The molecule has 2 aliphatic heterocycles. The van der Waals surface area contributed by atoms with Gasteiger partial charge in [0.15, 0.2) is 5.69 Å². The lowest BCUT2D eigenvalue weighted by Gasteiger charge is -2.37. The van der Waals surface area contributed by atoms with Crippen LogP contribution in [0.1, 0.15) is 36.3 Å². The van der Waals surface area contributed by atoms with E-state index in [1.54, 1.807) is 12.1 Å². The van der Waals surface area contributed by atoms with Crippen molar-refractivity contribution in [1.82, 2.24) is 20.9 Å². The van der Waals surface area contributed by atoms with Crippen LogP contribution in [-0.4, -0.2) is 81.9 Å². The molecular formula is C27H32N4O8. The first-order chi connectivity index (χ1) is 18.7. The Hall–Kier alpha value is -4.03. The van der Waals surface area contributed by atoms with Crippen LogP contribution in [0.25, 0.3) is 0 Å². The number of aromatic hydroxyl groups is 1. The summed E-state index contributed by atoms with van der Waals surface area (Å²) in [5, 5.41) is 29.2. The Bertz CT molecular complexity index is 1210. The van der Waals surface area contributed by atoms with Gasteiger partial charge in [-0.1, -0.05) is 30.3 Å². The number of carbonyl (C=O) groups is 4. The van der Waals surface area contributed by atoms with Gasteiger partial charge in [-0.25, -0.2) is 4.98 Å². The van der Waals surface area contributed by atoms with E-state index in [-0.39, 0.29) is 17.9 Å². The highest BCUT2D eigenvalue weighted by atomic mass is 16.6. The van der Waals surface area contributed by atoms with Crippen molar-refractivity contribution in [1.29, 1.82) is 0 Å². The SMILES string of the molecule is CC1NC(=O)C(C2CCO2)OC(=O)C(C)C(O)C(Cc2ccccc2)NC(=O)C1NC(=O)c1ncccc1O. The molecular weight excluding hydrogens is 508 g/mol. The van der Waals surface area contributed by atoms with E-state index in [1.165, 1.54) is 32.2 Å². The van der Waals surface area contributed by atoms with Crippen LogP contribution in [0.2, 0.25) is 0 Å². The first-order valence-electron chi connectivity index (χ1n) is 12.8. The van der Waals surface area contributed by atoms with Gasteiger partial charge in [0, 0.05) is 19.2 Å². The normalized spacial score (nSPS) is 29.9. The number of aliphatic hydroxyl groups excluding tert-OH is 1. The molecule has 2 saturated heterocycles. The average molecular weight is 541 g/mol. The first kappa shape index (κ1) is 28.0. The van der Waals surface area contributed by atoms with E-state index < -0.39 is 66.0 Å². The number of hydrogen-bond acceptors (Lipinski definition) is 9. The maximum atomic E-state index is 13.6. The number of pyridine rings is 1. The van der Waals surface area contributed by atoms with Gasteiger partial charge in [0.1, 0.15) is 17.9 Å². The molecule has 0 aliphatic carbocycles. The van der Waals surface area contributed by atoms with Crippen molar-refractivity contribution < 1.29 is 38.9 Å². The molecule has 12 nitrogen and oxygen atoms in total. The smallest absolute Gasteiger partial charge is 0.312 e. The van der Waals surface area contributed by atoms with Crippen molar-refractivity contribution in [3.05, 3.63) is 59.9 Å². The zero-order valence-electron chi connectivity index (χ0n) is 21.6. The van der Waals surface area contributed by atoms with E-state index in [0.717, 1.165) is 5.56 Å². The van der Waals surface area contributed by atoms with Crippen LogP contribution in [0, 0.1) is 5.92 Å². The molecule has 2 fully saturated rings. The van der Waals surface area contributed by atoms with Gasteiger partial charge in [0.2, 0.25) is 12.0 Å². The largest absolute Gasteiger partial charge is 0.505 e. The number of nitrogens with one attached hydrogen (secondary N) is 3. The third-order valence-corrected chi connectivity index (χ3v) is 6.94. The van der Waals surface area contributed by atoms with Crippen LogP contribution >= 0.6 is 0 Å². The van der Waals surface area contributed by atoms with Gasteiger partial charge in [-0.3, -0.25) is 19.2 Å². The number of rotatable bonds is 5. The maximum absolute atomic E-state index is 13.6. The molecule has 4 rings (SSSR count). The van der Waals surface area contributed by atoms with Crippen molar-refractivity contribution >= 4 is 23.7 Å². The second-order valence-electron chi connectivity index (χ2n) is 9.76. The van der Waals surface area contributed by atoms with Gasteiger partial charge in [0.05, 0.1) is 24.1 Å². The highest BCUT2D eigenvalue weighted by Crippen LogP contribution is 2.22. The Morgan fingerprint density at radius 3 is 2.44 bits per heavy atom. The number of hydrogen-bond donors (Lipinski definition) is 5. The summed E-state index contributed by atoms with van der Waals surface area (Å²) >= 11 is 0. The molecule has 0 bridgehead atoms.